The van der Waals surface area contributed by atoms with Crippen LogP contribution in [0.2, 0.25) is 0 Å². The SMILES string of the molecule is CNC(=O)c1ccc(C(=O)Nc2cccnc2)c(N)c1. The maximum atomic E-state index is 12.1. The van der Waals surface area contributed by atoms with Crippen molar-refractivity contribution in [2.45, 2.75) is 0 Å². The van der Waals surface area contributed by atoms with Gasteiger partial charge in [0, 0.05) is 24.5 Å². The number of nitrogens with two attached hydrogens (primary N) is 1. The Balaban J connectivity index is 2.21. The van der Waals surface area contributed by atoms with E-state index in [4.69, 9.17) is 5.73 Å². The fourth-order valence-corrected chi connectivity index (χ4v) is 1.69. The summed E-state index contributed by atoms with van der Waals surface area (Å²) in [6.45, 7) is 0. The summed E-state index contributed by atoms with van der Waals surface area (Å²) < 4.78 is 0. The van der Waals surface area contributed by atoms with E-state index in [9.17, 15) is 9.59 Å². The fourth-order valence-electron chi connectivity index (χ4n) is 1.69. The first-order chi connectivity index (χ1) is 9.61. The lowest BCUT2D eigenvalue weighted by Crippen LogP contribution is -2.19. The second-order valence-corrected chi connectivity index (χ2v) is 4.08. The second kappa shape index (κ2) is 5.83. The number of amides is 2. The van der Waals surface area contributed by atoms with Gasteiger partial charge in [0.25, 0.3) is 11.8 Å². The predicted octanol–water partition coefficient (Wildman–Crippen LogP) is 1.28. The molecule has 0 aliphatic rings. The van der Waals surface area contributed by atoms with Crippen molar-refractivity contribution in [3.8, 4) is 0 Å². The van der Waals surface area contributed by atoms with Gasteiger partial charge in [0.2, 0.25) is 0 Å². The molecule has 0 fully saturated rings. The van der Waals surface area contributed by atoms with Crippen LogP contribution in [0.15, 0.2) is 42.7 Å². The van der Waals surface area contributed by atoms with Gasteiger partial charge in [0.1, 0.15) is 0 Å². The predicted molar refractivity (Wildman–Crippen MR) is 76.4 cm³/mol. The average molecular weight is 270 g/mol. The van der Waals surface area contributed by atoms with E-state index in [1.807, 2.05) is 0 Å². The molecule has 2 aromatic rings. The van der Waals surface area contributed by atoms with Gasteiger partial charge in [-0.15, -0.1) is 0 Å². The highest BCUT2D eigenvalue weighted by atomic mass is 16.2. The molecule has 0 radical (unpaired) electrons. The highest BCUT2D eigenvalue weighted by molar-refractivity contribution is 6.08. The number of nitrogen functional groups attached to an aromatic ring is 1. The van der Waals surface area contributed by atoms with E-state index in [0.717, 1.165) is 0 Å². The molecule has 6 nitrogen and oxygen atoms in total. The van der Waals surface area contributed by atoms with Gasteiger partial charge in [-0.2, -0.15) is 0 Å². The van der Waals surface area contributed by atoms with E-state index in [1.165, 1.54) is 25.4 Å². The number of rotatable bonds is 3. The van der Waals surface area contributed by atoms with Crippen molar-refractivity contribution in [1.82, 2.24) is 10.3 Å². The van der Waals surface area contributed by atoms with Gasteiger partial charge in [0.15, 0.2) is 0 Å². The van der Waals surface area contributed by atoms with Crippen molar-refractivity contribution in [3.05, 3.63) is 53.9 Å². The zero-order chi connectivity index (χ0) is 14.5. The Labute approximate surface area is 116 Å². The van der Waals surface area contributed by atoms with Crippen LogP contribution in [0, 0.1) is 0 Å². The molecule has 0 saturated heterocycles. The maximum Gasteiger partial charge on any atom is 0.257 e. The number of hydrogen-bond acceptors (Lipinski definition) is 4. The third kappa shape index (κ3) is 2.92. The molecule has 0 saturated carbocycles. The third-order valence-electron chi connectivity index (χ3n) is 2.70. The van der Waals surface area contributed by atoms with Crippen molar-refractivity contribution in [1.29, 1.82) is 0 Å². The van der Waals surface area contributed by atoms with Crippen LogP contribution < -0.4 is 16.4 Å². The van der Waals surface area contributed by atoms with E-state index in [2.05, 4.69) is 15.6 Å². The van der Waals surface area contributed by atoms with Gasteiger partial charge >= 0.3 is 0 Å². The lowest BCUT2D eigenvalue weighted by molar-refractivity contribution is 0.0961. The largest absolute Gasteiger partial charge is 0.398 e. The Bertz CT molecular complexity index is 641. The van der Waals surface area contributed by atoms with Crippen LogP contribution in [-0.2, 0) is 0 Å². The number of pyridine rings is 1. The number of hydrogen-bond donors (Lipinski definition) is 3. The maximum absolute atomic E-state index is 12.1. The highest BCUT2D eigenvalue weighted by Crippen LogP contribution is 2.16. The number of carbonyl (C=O) groups is 2. The summed E-state index contributed by atoms with van der Waals surface area (Å²) in [6.07, 6.45) is 3.15. The van der Waals surface area contributed by atoms with Crippen LogP contribution in [0.1, 0.15) is 20.7 Å². The number of aromatic nitrogens is 1. The molecule has 2 amide bonds. The lowest BCUT2D eigenvalue weighted by Gasteiger charge is -2.08. The number of nitrogens with zero attached hydrogens (tertiary/aromatic N) is 1. The minimum Gasteiger partial charge on any atom is -0.398 e. The molecule has 4 N–H and O–H groups in total. The van der Waals surface area contributed by atoms with E-state index < -0.39 is 0 Å². The number of anilines is 2. The number of carbonyl (C=O) groups excluding carboxylic acids is 2. The molecule has 0 atom stereocenters. The van der Waals surface area contributed by atoms with Crippen LogP contribution >= 0.6 is 0 Å². The second-order valence-electron chi connectivity index (χ2n) is 4.08. The van der Waals surface area contributed by atoms with Crippen LogP contribution in [0.4, 0.5) is 11.4 Å². The molecule has 1 aromatic heterocycles. The smallest absolute Gasteiger partial charge is 0.257 e. The first-order valence-electron chi connectivity index (χ1n) is 5.95. The fraction of sp³-hybridized carbons (Fsp3) is 0.0714. The summed E-state index contributed by atoms with van der Waals surface area (Å²) in [5.41, 5.74) is 7.34. The first-order valence-corrected chi connectivity index (χ1v) is 5.95. The molecular formula is C14H14N4O2. The zero-order valence-electron chi connectivity index (χ0n) is 10.9. The molecule has 0 spiro atoms. The van der Waals surface area contributed by atoms with E-state index in [-0.39, 0.29) is 17.5 Å². The Kier molecular flexibility index (Phi) is 3.95. The summed E-state index contributed by atoms with van der Waals surface area (Å²) in [5.74, 6) is -0.602. The number of benzene rings is 1. The molecule has 102 valence electrons. The summed E-state index contributed by atoms with van der Waals surface area (Å²) in [5, 5.41) is 5.17. The third-order valence-corrected chi connectivity index (χ3v) is 2.70. The van der Waals surface area contributed by atoms with E-state index >= 15 is 0 Å². The summed E-state index contributed by atoms with van der Waals surface area (Å²) in [7, 11) is 1.53. The molecule has 2 rings (SSSR count). The van der Waals surface area contributed by atoms with Crippen molar-refractivity contribution >= 4 is 23.2 Å². The Hall–Kier alpha value is -2.89. The van der Waals surface area contributed by atoms with Crippen LogP contribution in [-0.4, -0.2) is 23.8 Å². The molecule has 0 aliphatic heterocycles. The topological polar surface area (TPSA) is 97.1 Å². The van der Waals surface area contributed by atoms with Crippen LogP contribution in [0.25, 0.3) is 0 Å². The van der Waals surface area contributed by atoms with Crippen molar-refractivity contribution in [3.63, 3.8) is 0 Å². The van der Waals surface area contributed by atoms with Gasteiger partial charge in [-0.25, -0.2) is 0 Å². The van der Waals surface area contributed by atoms with Gasteiger partial charge in [0.05, 0.1) is 17.4 Å². The molecule has 20 heavy (non-hydrogen) atoms. The monoisotopic (exact) mass is 270 g/mol. The molecule has 0 bridgehead atoms. The minimum atomic E-state index is -0.348. The quantitative estimate of drug-likeness (QED) is 0.732. The summed E-state index contributed by atoms with van der Waals surface area (Å²) >= 11 is 0. The van der Waals surface area contributed by atoms with Gasteiger partial charge in [-0.05, 0) is 30.3 Å². The standard InChI is InChI=1S/C14H14N4O2/c1-16-13(19)9-4-5-11(12(15)7-9)14(20)18-10-3-2-6-17-8-10/h2-8H,15H2,1H3,(H,16,19)(H,18,20). The summed E-state index contributed by atoms with van der Waals surface area (Å²) in [6, 6.07) is 7.98. The number of nitrogens with one attached hydrogen (secondary N) is 2. The summed E-state index contributed by atoms with van der Waals surface area (Å²) in [4.78, 5) is 27.4. The van der Waals surface area contributed by atoms with Gasteiger partial charge in [-0.1, -0.05) is 0 Å². The van der Waals surface area contributed by atoms with Crippen molar-refractivity contribution in [2.75, 3.05) is 18.1 Å². The van der Waals surface area contributed by atoms with Crippen LogP contribution in [0.5, 0.6) is 0 Å². The average Bonchev–Trinajstić information content (AvgIpc) is 2.47. The Morgan fingerprint density at radius 1 is 1.20 bits per heavy atom. The normalized spacial score (nSPS) is 9.85. The zero-order valence-corrected chi connectivity index (χ0v) is 10.9. The van der Waals surface area contributed by atoms with Gasteiger partial charge < -0.3 is 16.4 Å². The highest BCUT2D eigenvalue weighted by Gasteiger charge is 2.12. The first kappa shape index (κ1) is 13.5. The van der Waals surface area contributed by atoms with Crippen LogP contribution in [0.3, 0.4) is 0 Å². The molecule has 6 heteroatoms. The molecular weight excluding hydrogens is 256 g/mol. The molecule has 0 unspecified atom stereocenters. The molecule has 1 aromatic carbocycles. The van der Waals surface area contributed by atoms with Gasteiger partial charge in [-0.3, -0.25) is 14.6 Å². The Morgan fingerprint density at radius 2 is 2.00 bits per heavy atom. The molecule has 0 aliphatic carbocycles. The minimum absolute atomic E-state index is 0.243. The van der Waals surface area contributed by atoms with E-state index in [1.54, 1.807) is 24.4 Å². The van der Waals surface area contributed by atoms with Crippen molar-refractivity contribution < 1.29 is 9.59 Å². The molecule has 1 heterocycles. The van der Waals surface area contributed by atoms with Crippen molar-refractivity contribution in [2.24, 2.45) is 0 Å². The lowest BCUT2D eigenvalue weighted by atomic mass is 10.1. The Morgan fingerprint density at radius 3 is 2.60 bits per heavy atom. The van der Waals surface area contributed by atoms with E-state index in [0.29, 0.717) is 16.8 Å².